The number of allylic oxidation sites excluding steroid dienone is 4. The van der Waals surface area contributed by atoms with Crippen molar-refractivity contribution >= 4 is 17.7 Å². The lowest BCUT2D eigenvalue weighted by Crippen LogP contribution is -2.39. The van der Waals surface area contributed by atoms with E-state index in [9.17, 15) is 9.18 Å². The molecule has 0 radical (unpaired) electrons. The number of hydrogen-bond acceptors (Lipinski definition) is 7. The largest absolute Gasteiger partial charge is 0.453 e. The van der Waals surface area contributed by atoms with Gasteiger partial charge in [-0.05, 0) is 19.1 Å². The van der Waals surface area contributed by atoms with E-state index in [1.807, 2.05) is 62.2 Å². The third kappa shape index (κ3) is 13.0. The second-order valence-corrected chi connectivity index (χ2v) is 7.10. The van der Waals surface area contributed by atoms with Gasteiger partial charge in [0.1, 0.15) is 12.0 Å². The summed E-state index contributed by atoms with van der Waals surface area (Å²) in [6.07, 6.45) is 13.5. The van der Waals surface area contributed by atoms with E-state index in [0.29, 0.717) is 25.1 Å². The molecule has 1 amide bonds. The highest BCUT2D eigenvalue weighted by atomic mass is 19.1. The number of hydrazine groups is 1. The number of nitrogens with two attached hydrogens (primary N) is 1. The molecule has 0 bridgehead atoms. The number of rotatable bonds is 12. The number of aliphatic imine (C=N–C) groups is 1. The average Bonchev–Trinajstić information content (AvgIpc) is 2.84. The molecule has 0 saturated heterocycles. The van der Waals surface area contributed by atoms with E-state index in [1.165, 1.54) is 18.1 Å². The molecule has 1 atom stereocenters. The maximum absolute atomic E-state index is 12.0. The van der Waals surface area contributed by atoms with Crippen molar-refractivity contribution in [2.24, 2.45) is 10.7 Å². The van der Waals surface area contributed by atoms with Crippen molar-refractivity contribution in [2.75, 3.05) is 39.8 Å². The van der Waals surface area contributed by atoms with Crippen LogP contribution in [0.4, 0.5) is 15.0 Å². The molecule has 0 aliphatic carbocycles. The summed E-state index contributed by atoms with van der Waals surface area (Å²) in [7, 11) is 6.76. The molecule has 9 nitrogen and oxygen atoms in total. The van der Waals surface area contributed by atoms with Gasteiger partial charge in [-0.2, -0.15) is 0 Å². The van der Waals surface area contributed by atoms with Crippen molar-refractivity contribution < 1.29 is 13.9 Å². The lowest BCUT2D eigenvalue weighted by atomic mass is 10.1. The minimum absolute atomic E-state index is 0.379. The molecule has 0 aliphatic rings. The SMILES string of the molecule is CC.COC(=O)N(C)/C=C/NC(Cc1cccnc1N(C/C=C/C=C\C=C\F)N(C)C)/N=C(\C)N. The minimum Gasteiger partial charge on any atom is -0.453 e. The number of carbonyl (C=O) groups excluding carboxylic acids is 1. The number of anilines is 1. The zero-order valence-electron chi connectivity index (χ0n) is 21.9. The molecule has 35 heavy (non-hydrogen) atoms. The van der Waals surface area contributed by atoms with Crippen LogP contribution in [0.5, 0.6) is 0 Å². The lowest BCUT2D eigenvalue weighted by Gasteiger charge is -2.31. The monoisotopic (exact) mass is 489 g/mol. The molecule has 194 valence electrons. The zero-order valence-corrected chi connectivity index (χ0v) is 21.9. The summed E-state index contributed by atoms with van der Waals surface area (Å²) in [5.41, 5.74) is 6.78. The number of hydrogen-bond donors (Lipinski definition) is 2. The molecule has 1 rings (SSSR count). The molecule has 0 aromatic carbocycles. The van der Waals surface area contributed by atoms with Gasteiger partial charge < -0.3 is 15.8 Å². The van der Waals surface area contributed by atoms with Crippen molar-refractivity contribution in [3.63, 3.8) is 0 Å². The first-order valence-corrected chi connectivity index (χ1v) is 11.3. The van der Waals surface area contributed by atoms with Crippen LogP contribution < -0.4 is 16.1 Å². The van der Waals surface area contributed by atoms with Gasteiger partial charge >= 0.3 is 6.09 Å². The van der Waals surface area contributed by atoms with E-state index >= 15 is 0 Å². The van der Waals surface area contributed by atoms with Crippen molar-refractivity contribution in [2.45, 2.75) is 33.4 Å². The Bertz CT molecular complexity index is 878. The van der Waals surface area contributed by atoms with Gasteiger partial charge in [-0.1, -0.05) is 44.2 Å². The smallest absolute Gasteiger partial charge is 0.413 e. The van der Waals surface area contributed by atoms with E-state index < -0.39 is 6.09 Å². The number of amides is 1. The summed E-state index contributed by atoms with van der Waals surface area (Å²) < 4.78 is 16.7. The van der Waals surface area contributed by atoms with Crippen molar-refractivity contribution in [1.82, 2.24) is 20.2 Å². The molecule has 1 heterocycles. The molecule has 0 fully saturated rings. The number of halogens is 1. The Balaban J connectivity index is 0.00000562. The van der Waals surface area contributed by atoms with Crippen LogP contribution in [0.2, 0.25) is 0 Å². The van der Waals surface area contributed by atoms with Crippen LogP contribution in [-0.4, -0.2) is 67.8 Å². The Hall–Kier alpha value is -3.66. The Kier molecular flexibility index (Phi) is 16.8. The molecule has 1 unspecified atom stereocenters. The van der Waals surface area contributed by atoms with Gasteiger partial charge in [0.15, 0.2) is 0 Å². The van der Waals surface area contributed by atoms with Gasteiger partial charge in [0.2, 0.25) is 0 Å². The predicted molar refractivity (Wildman–Crippen MR) is 142 cm³/mol. The molecular formula is C25H40FN7O2. The van der Waals surface area contributed by atoms with Gasteiger partial charge in [-0.3, -0.25) is 9.91 Å². The number of pyridine rings is 1. The number of carbonyl (C=O) groups is 1. The van der Waals surface area contributed by atoms with Crippen LogP contribution in [0.25, 0.3) is 0 Å². The van der Waals surface area contributed by atoms with Crippen molar-refractivity contribution in [1.29, 1.82) is 0 Å². The summed E-state index contributed by atoms with van der Waals surface area (Å²) >= 11 is 0. The highest BCUT2D eigenvalue weighted by Gasteiger charge is 2.17. The Morgan fingerprint density at radius 2 is 1.94 bits per heavy atom. The number of methoxy groups -OCH3 is 1. The predicted octanol–water partition coefficient (Wildman–Crippen LogP) is 3.99. The molecule has 3 N–H and O–H groups in total. The summed E-state index contributed by atoms with van der Waals surface area (Å²) in [4.78, 5) is 21.9. The fourth-order valence-electron chi connectivity index (χ4n) is 2.74. The normalized spacial score (nSPS) is 12.9. The third-order valence-electron chi connectivity index (χ3n) is 4.24. The number of ether oxygens (including phenoxy) is 1. The Morgan fingerprint density at radius 1 is 1.26 bits per heavy atom. The summed E-state index contributed by atoms with van der Waals surface area (Å²) in [6.45, 7) is 6.27. The van der Waals surface area contributed by atoms with Gasteiger partial charge in [0, 0.05) is 51.7 Å². The highest BCUT2D eigenvalue weighted by Crippen LogP contribution is 2.20. The third-order valence-corrected chi connectivity index (χ3v) is 4.24. The van der Waals surface area contributed by atoms with Gasteiger partial charge in [0.25, 0.3) is 0 Å². The second kappa shape index (κ2) is 18.7. The maximum atomic E-state index is 12.0. The second-order valence-electron chi connectivity index (χ2n) is 7.10. The standard InChI is InChI=1S/C23H34FN7O2.C2H6/c1-19(25)28-21(26-15-17-30(4)23(32)33-5)18-20-12-11-14-27-22(20)31(29(2)3)16-10-8-6-7-9-13-24;1-2/h6-15,17,21,26H,16,18H2,1-5H3,(H2,25,28);1-2H3/b7-6-,10-8+,13-9+,17-15+;. The first-order valence-electron chi connectivity index (χ1n) is 11.3. The molecule has 0 spiro atoms. The molecule has 1 aromatic heterocycles. The first-order chi connectivity index (χ1) is 16.8. The number of aromatic nitrogens is 1. The molecule has 0 saturated carbocycles. The Labute approximate surface area is 209 Å². The summed E-state index contributed by atoms with van der Waals surface area (Å²) in [6, 6.07) is 3.85. The van der Waals surface area contributed by atoms with Gasteiger partial charge in [-0.15, -0.1) is 0 Å². The average molecular weight is 490 g/mol. The van der Waals surface area contributed by atoms with E-state index in [2.05, 4.69) is 20.0 Å². The van der Waals surface area contributed by atoms with Gasteiger partial charge in [0.05, 0.1) is 25.8 Å². The quantitative estimate of drug-likeness (QED) is 0.198. The maximum Gasteiger partial charge on any atom is 0.413 e. The van der Waals surface area contributed by atoms with Crippen LogP contribution in [0.15, 0.2) is 72.4 Å². The van der Waals surface area contributed by atoms with Crippen molar-refractivity contribution in [3.8, 4) is 0 Å². The zero-order chi connectivity index (χ0) is 26.6. The molecular weight excluding hydrogens is 449 g/mol. The summed E-state index contributed by atoms with van der Waals surface area (Å²) in [5, 5.41) is 7.10. The highest BCUT2D eigenvalue weighted by molar-refractivity contribution is 5.77. The van der Waals surface area contributed by atoms with Crippen LogP contribution >= 0.6 is 0 Å². The number of nitrogens with one attached hydrogen (secondary N) is 1. The number of amidine groups is 1. The van der Waals surface area contributed by atoms with Gasteiger partial charge in [-0.25, -0.2) is 24.2 Å². The van der Waals surface area contributed by atoms with E-state index in [4.69, 9.17) is 5.73 Å². The van der Waals surface area contributed by atoms with Crippen LogP contribution in [0, 0.1) is 0 Å². The topological polar surface area (TPSA) is 99.3 Å². The summed E-state index contributed by atoms with van der Waals surface area (Å²) in [5.74, 6) is 1.20. The Morgan fingerprint density at radius 3 is 2.54 bits per heavy atom. The fraction of sp³-hybridized carbons (Fsp3) is 0.400. The molecule has 10 heteroatoms. The first kappa shape index (κ1) is 31.3. The fourth-order valence-corrected chi connectivity index (χ4v) is 2.74. The van der Waals surface area contributed by atoms with Crippen LogP contribution in [0.1, 0.15) is 26.3 Å². The van der Waals surface area contributed by atoms with E-state index in [-0.39, 0.29) is 6.17 Å². The lowest BCUT2D eigenvalue weighted by molar-refractivity contribution is 0.147. The van der Waals surface area contributed by atoms with Crippen LogP contribution in [-0.2, 0) is 11.2 Å². The molecule has 0 aliphatic heterocycles. The van der Waals surface area contributed by atoms with E-state index in [0.717, 1.165) is 11.4 Å². The molecule has 1 aromatic rings. The van der Waals surface area contributed by atoms with Crippen LogP contribution in [0.3, 0.4) is 0 Å². The number of nitrogens with zero attached hydrogens (tertiary/aromatic N) is 5. The minimum atomic E-state index is -0.483. The van der Waals surface area contributed by atoms with E-state index in [1.54, 1.807) is 44.7 Å². The van der Waals surface area contributed by atoms with Crippen molar-refractivity contribution in [3.05, 3.63) is 73.0 Å².